The highest BCUT2D eigenvalue weighted by Crippen LogP contribution is 2.14. The van der Waals surface area contributed by atoms with Gasteiger partial charge in [0.2, 0.25) is 0 Å². The van der Waals surface area contributed by atoms with E-state index >= 15 is 0 Å². The number of carbonyl (C=O) groups is 2. The molecule has 0 aliphatic rings. The molecule has 1 aromatic rings. The maximum atomic E-state index is 11.8. The fourth-order valence-corrected chi connectivity index (χ4v) is 1.92. The molecule has 0 fully saturated rings. The van der Waals surface area contributed by atoms with Gasteiger partial charge < -0.3 is 14.8 Å². The minimum Gasteiger partial charge on any atom is -0.460 e. The van der Waals surface area contributed by atoms with Gasteiger partial charge in [0.05, 0.1) is 12.5 Å². The second-order valence-electron chi connectivity index (χ2n) is 6.08. The molecular weight excluding hydrogens is 336 g/mol. The third-order valence-electron chi connectivity index (χ3n) is 2.76. The molecule has 24 heavy (non-hydrogen) atoms. The Morgan fingerprint density at radius 2 is 1.88 bits per heavy atom. The first-order valence-corrected chi connectivity index (χ1v) is 7.80. The first-order valence-electron chi connectivity index (χ1n) is 7.37. The number of nitroso groups, excluding NO2 is 1. The summed E-state index contributed by atoms with van der Waals surface area (Å²) in [5.41, 5.74) is -1.21. The molecule has 1 amide bonds. The Morgan fingerprint density at radius 1 is 1.25 bits per heavy atom. The summed E-state index contributed by atoms with van der Waals surface area (Å²) in [6, 6.07) is 8.03. The topological polar surface area (TPSA) is 94.1 Å². The first-order chi connectivity index (χ1) is 11.2. The number of nitrogens with zero attached hydrogens (tertiary/aromatic N) is 1. The van der Waals surface area contributed by atoms with Crippen LogP contribution in [0.3, 0.4) is 0 Å². The SMILES string of the molecule is CC(C)(C)OC(=O)C[C@H](NC(=O)OCc1ccccc1)C(Cl)N=O. The van der Waals surface area contributed by atoms with Crippen LogP contribution in [0.4, 0.5) is 4.79 Å². The van der Waals surface area contributed by atoms with E-state index in [9.17, 15) is 14.5 Å². The summed E-state index contributed by atoms with van der Waals surface area (Å²) in [6.07, 6.45) is -1.10. The van der Waals surface area contributed by atoms with Crippen molar-refractivity contribution in [3.63, 3.8) is 0 Å². The zero-order valence-corrected chi connectivity index (χ0v) is 14.6. The molecule has 7 nitrogen and oxygen atoms in total. The highest BCUT2D eigenvalue weighted by atomic mass is 35.5. The van der Waals surface area contributed by atoms with Crippen LogP contribution in [0.2, 0.25) is 0 Å². The number of amides is 1. The van der Waals surface area contributed by atoms with Crippen molar-refractivity contribution in [3.05, 3.63) is 40.8 Å². The van der Waals surface area contributed by atoms with Gasteiger partial charge in [-0.2, -0.15) is 0 Å². The number of rotatable bonds is 7. The molecule has 1 aromatic carbocycles. The van der Waals surface area contributed by atoms with Crippen LogP contribution >= 0.6 is 11.6 Å². The highest BCUT2D eigenvalue weighted by Gasteiger charge is 2.28. The molecule has 2 atom stereocenters. The number of benzene rings is 1. The number of hydrogen-bond donors (Lipinski definition) is 1. The minimum atomic E-state index is -1.32. The number of hydrogen-bond acceptors (Lipinski definition) is 6. The van der Waals surface area contributed by atoms with Crippen molar-refractivity contribution in [2.75, 3.05) is 0 Å². The van der Waals surface area contributed by atoms with Gasteiger partial charge in [0, 0.05) is 0 Å². The van der Waals surface area contributed by atoms with Gasteiger partial charge in [-0.15, -0.1) is 4.91 Å². The Kier molecular flexibility index (Phi) is 7.64. The Balaban J connectivity index is 2.57. The molecule has 0 aromatic heterocycles. The summed E-state index contributed by atoms with van der Waals surface area (Å²) < 4.78 is 10.2. The van der Waals surface area contributed by atoms with Crippen LogP contribution in [0.1, 0.15) is 32.8 Å². The Hall–Kier alpha value is -2.15. The maximum absolute atomic E-state index is 11.8. The molecule has 0 saturated heterocycles. The van der Waals surface area contributed by atoms with E-state index in [0.29, 0.717) is 0 Å². The van der Waals surface area contributed by atoms with Crippen molar-refractivity contribution in [2.24, 2.45) is 5.18 Å². The second kappa shape index (κ2) is 9.22. The highest BCUT2D eigenvalue weighted by molar-refractivity contribution is 6.21. The summed E-state index contributed by atoms with van der Waals surface area (Å²) >= 11 is 5.75. The summed E-state index contributed by atoms with van der Waals surface area (Å²) in [6.45, 7) is 5.17. The predicted octanol–water partition coefficient (Wildman–Crippen LogP) is 3.34. The van der Waals surface area contributed by atoms with Gasteiger partial charge >= 0.3 is 12.1 Å². The van der Waals surface area contributed by atoms with Gasteiger partial charge in [-0.3, -0.25) is 4.79 Å². The molecule has 0 radical (unpaired) electrons. The number of nitrogens with one attached hydrogen (secondary N) is 1. The van der Waals surface area contributed by atoms with Gasteiger partial charge in [0.1, 0.15) is 12.2 Å². The Labute approximate surface area is 145 Å². The fourth-order valence-electron chi connectivity index (χ4n) is 1.77. The standard InChI is InChI=1S/C16H21ClN2O5/c1-16(2,3)24-13(20)9-12(14(17)19-22)18-15(21)23-10-11-7-5-4-6-8-11/h4-8,12,14H,9-10H2,1-3H3,(H,18,21)/t12-,14?/m0/s1. The summed E-state index contributed by atoms with van der Waals surface area (Å²) in [4.78, 5) is 34.3. The van der Waals surface area contributed by atoms with E-state index in [0.717, 1.165) is 5.56 Å². The van der Waals surface area contributed by atoms with Crippen LogP contribution in [-0.2, 0) is 20.9 Å². The monoisotopic (exact) mass is 356 g/mol. The molecule has 132 valence electrons. The van der Waals surface area contributed by atoms with Crippen molar-refractivity contribution in [1.82, 2.24) is 5.32 Å². The molecule has 8 heteroatoms. The lowest BCUT2D eigenvalue weighted by Gasteiger charge is -2.23. The zero-order chi connectivity index (χ0) is 18.2. The number of alkyl halides is 1. The van der Waals surface area contributed by atoms with Gasteiger partial charge in [0.15, 0.2) is 5.50 Å². The third-order valence-corrected chi connectivity index (χ3v) is 3.14. The van der Waals surface area contributed by atoms with Gasteiger partial charge in [-0.1, -0.05) is 41.9 Å². The van der Waals surface area contributed by atoms with E-state index in [1.807, 2.05) is 18.2 Å². The van der Waals surface area contributed by atoms with Gasteiger partial charge in [0.25, 0.3) is 0 Å². The van der Waals surface area contributed by atoms with E-state index < -0.39 is 29.2 Å². The quantitative estimate of drug-likeness (QED) is 0.350. The average Bonchev–Trinajstić information content (AvgIpc) is 2.50. The number of carbonyl (C=O) groups excluding carboxylic acids is 2. The van der Waals surface area contributed by atoms with Crippen LogP contribution in [0, 0.1) is 4.91 Å². The minimum absolute atomic E-state index is 0.0489. The van der Waals surface area contributed by atoms with Crippen molar-refractivity contribution in [2.45, 2.75) is 50.9 Å². The lowest BCUT2D eigenvalue weighted by molar-refractivity contribution is -0.155. The van der Waals surface area contributed by atoms with Crippen molar-refractivity contribution < 1.29 is 19.1 Å². The molecule has 0 bridgehead atoms. The lowest BCUT2D eigenvalue weighted by atomic mass is 10.1. The van der Waals surface area contributed by atoms with E-state index in [2.05, 4.69) is 10.5 Å². The molecule has 1 N–H and O–H groups in total. The lowest BCUT2D eigenvalue weighted by Crippen LogP contribution is -2.43. The number of ether oxygens (including phenoxy) is 2. The number of alkyl carbamates (subject to hydrolysis) is 1. The maximum Gasteiger partial charge on any atom is 0.407 e. The molecule has 0 saturated carbocycles. The van der Waals surface area contributed by atoms with Crippen LogP contribution in [0.25, 0.3) is 0 Å². The second-order valence-corrected chi connectivity index (χ2v) is 6.53. The van der Waals surface area contributed by atoms with E-state index in [-0.39, 0.29) is 13.0 Å². The van der Waals surface area contributed by atoms with Crippen molar-refractivity contribution in [3.8, 4) is 0 Å². The molecule has 1 rings (SSSR count). The average molecular weight is 357 g/mol. The van der Waals surface area contributed by atoms with E-state index in [1.165, 1.54) is 0 Å². The first kappa shape index (κ1) is 19.9. The predicted molar refractivity (Wildman–Crippen MR) is 89.4 cm³/mol. The molecule has 1 unspecified atom stereocenters. The van der Waals surface area contributed by atoms with Gasteiger partial charge in [-0.05, 0) is 31.5 Å². The summed E-state index contributed by atoms with van der Waals surface area (Å²) in [5, 5.41) is 5.01. The van der Waals surface area contributed by atoms with Crippen molar-refractivity contribution >= 4 is 23.7 Å². The third kappa shape index (κ3) is 7.92. The Bertz CT molecular complexity index is 559. The smallest absolute Gasteiger partial charge is 0.407 e. The summed E-state index contributed by atoms with van der Waals surface area (Å²) in [5.74, 6) is -0.606. The zero-order valence-electron chi connectivity index (χ0n) is 13.8. The normalized spacial score (nSPS) is 13.5. The molecule has 0 aliphatic carbocycles. The molecular formula is C16H21ClN2O5. The molecule has 0 heterocycles. The Morgan fingerprint density at radius 3 is 2.42 bits per heavy atom. The number of halogens is 1. The van der Waals surface area contributed by atoms with E-state index in [1.54, 1.807) is 32.9 Å². The molecule has 0 aliphatic heterocycles. The van der Waals surface area contributed by atoms with Crippen LogP contribution in [0.15, 0.2) is 35.5 Å². The summed E-state index contributed by atoms with van der Waals surface area (Å²) in [7, 11) is 0. The fraction of sp³-hybridized carbons (Fsp3) is 0.500. The van der Waals surface area contributed by atoms with Gasteiger partial charge in [-0.25, -0.2) is 4.79 Å². The molecule has 0 spiro atoms. The number of esters is 1. The van der Waals surface area contributed by atoms with Crippen LogP contribution < -0.4 is 5.32 Å². The largest absolute Gasteiger partial charge is 0.460 e. The van der Waals surface area contributed by atoms with Crippen LogP contribution in [-0.4, -0.2) is 29.2 Å². The van der Waals surface area contributed by atoms with E-state index in [4.69, 9.17) is 21.1 Å². The van der Waals surface area contributed by atoms with Crippen LogP contribution in [0.5, 0.6) is 0 Å². The van der Waals surface area contributed by atoms with Crippen molar-refractivity contribution in [1.29, 1.82) is 0 Å².